The van der Waals surface area contributed by atoms with E-state index in [0.29, 0.717) is 0 Å². The summed E-state index contributed by atoms with van der Waals surface area (Å²) >= 11 is 0. The summed E-state index contributed by atoms with van der Waals surface area (Å²) in [7, 11) is 0. The first kappa shape index (κ1) is 32.2. The lowest BCUT2D eigenvalue weighted by atomic mass is 9.78. The SMILES string of the molecule is CCC(CC(CC(C)c1ccc(OC2CCCCO2)cc1)c1ccc(O)cc1)c1ccc(O)c(OC(=O)OC(C)(C)C)c1. The normalized spacial score (nSPS) is 17.5. The number of benzene rings is 3. The Kier molecular flexibility index (Phi) is 11.0. The van der Waals surface area contributed by atoms with E-state index in [0.717, 1.165) is 62.0 Å². The van der Waals surface area contributed by atoms with Gasteiger partial charge >= 0.3 is 6.16 Å². The summed E-state index contributed by atoms with van der Waals surface area (Å²) < 4.78 is 22.4. The molecule has 1 fully saturated rings. The summed E-state index contributed by atoms with van der Waals surface area (Å²) in [5.41, 5.74) is 2.65. The molecule has 0 bridgehead atoms. The molecule has 0 aromatic heterocycles. The molecular formula is C36H46O7. The van der Waals surface area contributed by atoms with Gasteiger partial charge in [0.1, 0.15) is 17.1 Å². The van der Waals surface area contributed by atoms with Crippen molar-refractivity contribution in [1.29, 1.82) is 0 Å². The van der Waals surface area contributed by atoms with E-state index >= 15 is 0 Å². The van der Waals surface area contributed by atoms with E-state index < -0.39 is 11.8 Å². The van der Waals surface area contributed by atoms with Crippen molar-refractivity contribution in [2.24, 2.45) is 0 Å². The van der Waals surface area contributed by atoms with E-state index in [1.165, 1.54) is 5.56 Å². The molecule has 1 saturated heterocycles. The van der Waals surface area contributed by atoms with E-state index in [2.05, 4.69) is 26.0 Å². The molecule has 43 heavy (non-hydrogen) atoms. The number of ether oxygens (including phenoxy) is 4. The summed E-state index contributed by atoms with van der Waals surface area (Å²) in [6.45, 7) is 10.4. The monoisotopic (exact) mass is 590 g/mol. The van der Waals surface area contributed by atoms with Gasteiger partial charge in [-0.3, -0.25) is 0 Å². The van der Waals surface area contributed by atoms with Crippen LogP contribution in [0, 0.1) is 0 Å². The molecule has 0 spiro atoms. The Bertz CT molecular complexity index is 1300. The van der Waals surface area contributed by atoms with Gasteiger partial charge in [0.25, 0.3) is 0 Å². The van der Waals surface area contributed by atoms with E-state index in [1.54, 1.807) is 45.0 Å². The minimum absolute atomic E-state index is 0.0840. The van der Waals surface area contributed by atoms with Gasteiger partial charge in [0.2, 0.25) is 0 Å². The van der Waals surface area contributed by atoms with Crippen molar-refractivity contribution in [3.05, 3.63) is 83.4 Å². The third-order valence-electron chi connectivity index (χ3n) is 7.96. The summed E-state index contributed by atoms with van der Waals surface area (Å²) in [5.74, 6) is 1.62. The molecule has 1 aliphatic rings. The first-order chi connectivity index (χ1) is 20.5. The molecule has 1 heterocycles. The second-order valence-electron chi connectivity index (χ2n) is 12.5. The highest BCUT2D eigenvalue weighted by Crippen LogP contribution is 2.41. The molecule has 1 aliphatic heterocycles. The van der Waals surface area contributed by atoms with Crippen LogP contribution in [0.25, 0.3) is 0 Å². The topological polar surface area (TPSA) is 94.5 Å². The predicted molar refractivity (Wildman–Crippen MR) is 167 cm³/mol. The van der Waals surface area contributed by atoms with Crippen LogP contribution in [0.3, 0.4) is 0 Å². The van der Waals surface area contributed by atoms with Crippen LogP contribution in [0.5, 0.6) is 23.0 Å². The van der Waals surface area contributed by atoms with Crippen LogP contribution < -0.4 is 9.47 Å². The quantitative estimate of drug-likeness (QED) is 0.170. The van der Waals surface area contributed by atoms with Gasteiger partial charge in [-0.05, 0) is 124 Å². The van der Waals surface area contributed by atoms with Crippen LogP contribution in [0.1, 0.15) is 108 Å². The maximum Gasteiger partial charge on any atom is 0.514 e. The van der Waals surface area contributed by atoms with E-state index in [9.17, 15) is 15.0 Å². The molecule has 0 amide bonds. The number of hydrogen-bond donors (Lipinski definition) is 2. The summed E-state index contributed by atoms with van der Waals surface area (Å²) in [4.78, 5) is 12.3. The minimum Gasteiger partial charge on any atom is -0.508 e. The van der Waals surface area contributed by atoms with Gasteiger partial charge in [0.15, 0.2) is 17.8 Å². The predicted octanol–water partition coefficient (Wildman–Crippen LogP) is 9.18. The second-order valence-corrected chi connectivity index (χ2v) is 12.5. The Morgan fingerprint density at radius 3 is 2.21 bits per heavy atom. The fourth-order valence-corrected chi connectivity index (χ4v) is 5.62. The van der Waals surface area contributed by atoms with Crippen LogP contribution in [-0.2, 0) is 9.47 Å². The number of hydrogen-bond acceptors (Lipinski definition) is 7. The minimum atomic E-state index is -0.855. The van der Waals surface area contributed by atoms with E-state index in [-0.39, 0.29) is 41.3 Å². The molecule has 4 unspecified atom stereocenters. The van der Waals surface area contributed by atoms with Gasteiger partial charge < -0.3 is 29.2 Å². The zero-order valence-electron chi connectivity index (χ0n) is 26.0. The van der Waals surface area contributed by atoms with Gasteiger partial charge in [-0.15, -0.1) is 0 Å². The van der Waals surface area contributed by atoms with Crippen molar-refractivity contribution in [2.45, 2.75) is 103 Å². The number of aromatic hydroxyl groups is 2. The second kappa shape index (κ2) is 14.6. The lowest BCUT2D eigenvalue weighted by Crippen LogP contribution is -2.26. The Morgan fingerprint density at radius 2 is 1.58 bits per heavy atom. The van der Waals surface area contributed by atoms with Crippen molar-refractivity contribution in [3.8, 4) is 23.0 Å². The number of carbonyl (C=O) groups is 1. The van der Waals surface area contributed by atoms with Crippen LogP contribution >= 0.6 is 0 Å². The van der Waals surface area contributed by atoms with E-state index in [1.807, 2.05) is 30.3 Å². The molecule has 0 aliphatic carbocycles. The van der Waals surface area contributed by atoms with Gasteiger partial charge in [0.05, 0.1) is 6.61 Å². The molecule has 232 valence electrons. The molecular weight excluding hydrogens is 544 g/mol. The van der Waals surface area contributed by atoms with E-state index in [4.69, 9.17) is 18.9 Å². The zero-order valence-corrected chi connectivity index (χ0v) is 26.0. The lowest BCUT2D eigenvalue weighted by Gasteiger charge is -2.27. The third-order valence-corrected chi connectivity index (χ3v) is 7.96. The van der Waals surface area contributed by atoms with Crippen molar-refractivity contribution >= 4 is 6.16 Å². The first-order valence-corrected chi connectivity index (χ1v) is 15.4. The summed E-state index contributed by atoms with van der Waals surface area (Å²) in [6, 6.07) is 21.0. The highest BCUT2D eigenvalue weighted by Gasteiger charge is 2.24. The van der Waals surface area contributed by atoms with Crippen molar-refractivity contribution < 1.29 is 34.0 Å². The highest BCUT2D eigenvalue weighted by atomic mass is 16.7. The van der Waals surface area contributed by atoms with Crippen LogP contribution in [0.15, 0.2) is 66.7 Å². The third kappa shape index (κ3) is 9.65. The Hall–Kier alpha value is -3.71. The molecule has 0 radical (unpaired) electrons. The molecule has 7 nitrogen and oxygen atoms in total. The Morgan fingerprint density at radius 1 is 0.907 bits per heavy atom. The maximum absolute atomic E-state index is 12.3. The number of rotatable bonds is 11. The molecule has 2 N–H and O–H groups in total. The number of carbonyl (C=O) groups excluding carboxylic acids is 1. The van der Waals surface area contributed by atoms with Crippen LogP contribution in [-0.4, -0.2) is 34.9 Å². The van der Waals surface area contributed by atoms with Crippen molar-refractivity contribution in [3.63, 3.8) is 0 Å². The molecule has 7 heteroatoms. The average molecular weight is 591 g/mol. The van der Waals surface area contributed by atoms with Crippen molar-refractivity contribution in [1.82, 2.24) is 0 Å². The maximum atomic E-state index is 12.3. The van der Waals surface area contributed by atoms with Gasteiger partial charge in [0, 0.05) is 6.42 Å². The number of phenols is 2. The molecule has 3 aromatic carbocycles. The van der Waals surface area contributed by atoms with Crippen LogP contribution in [0.4, 0.5) is 4.79 Å². The standard InChI is InChI=1S/C36H46O7/c1-6-25(28-14-19-32(38)33(23-28)42-35(39)43-36(3,4)5)22-29(27-10-15-30(37)16-11-27)21-24(2)26-12-17-31(18-13-26)41-34-9-7-8-20-40-34/h10-19,23-25,29,34,37-38H,6-9,20-22H2,1-5H3. The number of phenolic OH excluding ortho intramolecular Hbond substituents is 2. The van der Waals surface area contributed by atoms with Crippen molar-refractivity contribution in [2.75, 3.05) is 6.61 Å². The molecule has 4 rings (SSSR count). The van der Waals surface area contributed by atoms with Gasteiger partial charge in [-0.1, -0.05) is 44.2 Å². The summed E-state index contributed by atoms with van der Waals surface area (Å²) in [5, 5.41) is 20.4. The summed E-state index contributed by atoms with van der Waals surface area (Å²) in [6.07, 6.45) is 4.69. The Labute approximate surface area is 255 Å². The van der Waals surface area contributed by atoms with Gasteiger partial charge in [-0.2, -0.15) is 0 Å². The first-order valence-electron chi connectivity index (χ1n) is 15.4. The molecule has 3 aromatic rings. The average Bonchev–Trinajstić information content (AvgIpc) is 2.97. The fraction of sp³-hybridized carbons (Fsp3) is 0.472. The fourth-order valence-electron chi connectivity index (χ4n) is 5.62. The Balaban J connectivity index is 1.50. The lowest BCUT2D eigenvalue weighted by molar-refractivity contribution is -0.105. The highest BCUT2D eigenvalue weighted by molar-refractivity contribution is 5.66. The smallest absolute Gasteiger partial charge is 0.508 e. The van der Waals surface area contributed by atoms with Crippen LogP contribution in [0.2, 0.25) is 0 Å². The van der Waals surface area contributed by atoms with Gasteiger partial charge in [-0.25, -0.2) is 4.79 Å². The largest absolute Gasteiger partial charge is 0.514 e. The molecule has 4 atom stereocenters. The molecule has 0 saturated carbocycles. The zero-order chi connectivity index (χ0) is 31.0.